The van der Waals surface area contributed by atoms with E-state index in [1.165, 1.54) is 11.3 Å². The molecule has 152 valence electrons. The quantitative estimate of drug-likeness (QED) is 0.538. The molecule has 5 nitrogen and oxygen atoms in total. The van der Waals surface area contributed by atoms with Crippen molar-refractivity contribution in [1.82, 2.24) is 9.88 Å². The van der Waals surface area contributed by atoms with Crippen molar-refractivity contribution in [3.63, 3.8) is 0 Å². The van der Waals surface area contributed by atoms with E-state index < -0.39 is 0 Å². The number of benzene rings is 2. The number of amides is 1. The maximum atomic E-state index is 13.3. The van der Waals surface area contributed by atoms with Crippen molar-refractivity contribution < 1.29 is 14.3 Å². The molecule has 0 aliphatic rings. The third-order valence-corrected chi connectivity index (χ3v) is 5.90. The summed E-state index contributed by atoms with van der Waals surface area (Å²) in [6.07, 6.45) is 0. The molecule has 0 bridgehead atoms. The molecule has 0 atom stereocenters. The summed E-state index contributed by atoms with van der Waals surface area (Å²) in [5.41, 5.74) is 2.74. The van der Waals surface area contributed by atoms with Gasteiger partial charge < -0.3 is 14.4 Å². The van der Waals surface area contributed by atoms with Crippen LogP contribution in [0.1, 0.15) is 34.8 Å². The summed E-state index contributed by atoms with van der Waals surface area (Å²) in [5, 5.41) is 0.787. The molecular formula is C23H26N2O3S. The minimum Gasteiger partial charge on any atom is -0.493 e. The lowest BCUT2D eigenvalue weighted by molar-refractivity contribution is 0.0694. The van der Waals surface area contributed by atoms with E-state index >= 15 is 0 Å². The Labute approximate surface area is 175 Å². The fourth-order valence-corrected chi connectivity index (χ4v) is 4.11. The zero-order valence-electron chi connectivity index (χ0n) is 17.4. The predicted octanol–water partition coefficient (Wildman–Crippen LogP) is 5.19. The van der Waals surface area contributed by atoms with Gasteiger partial charge in [0.25, 0.3) is 5.91 Å². The second-order valence-corrected chi connectivity index (χ2v) is 8.01. The molecule has 3 aromatic rings. The Bertz CT molecular complexity index is 983. The van der Waals surface area contributed by atoms with Crippen LogP contribution in [0.25, 0.3) is 10.6 Å². The van der Waals surface area contributed by atoms with Crippen LogP contribution in [0.3, 0.4) is 0 Å². The summed E-state index contributed by atoms with van der Waals surface area (Å²) >= 11 is 1.41. The Balaban J connectivity index is 1.91. The van der Waals surface area contributed by atoms with Crippen molar-refractivity contribution in [3.8, 4) is 22.1 Å². The lowest BCUT2D eigenvalue weighted by Gasteiger charge is -2.26. The number of aryl methyl sites for hydroxylation is 1. The molecule has 1 aromatic heterocycles. The third kappa shape index (κ3) is 4.59. The first-order chi connectivity index (χ1) is 13.9. The second kappa shape index (κ2) is 9.09. The molecule has 3 rings (SSSR count). The van der Waals surface area contributed by atoms with Gasteiger partial charge in [0, 0.05) is 18.2 Å². The third-order valence-electron chi connectivity index (χ3n) is 4.70. The number of rotatable bonds is 7. The maximum absolute atomic E-state index is 13.3. The summed E-state index contributed by atoms with van der Waals surface area (Å²) in [6.45, 7) is 6.52. The van der Waals surface area contributed by atoms with E-state index in [1.807, 2.05) is 74.2 Å². The number of nitrogens with zero attached hydrogens (tertiary/aromatic N) is 2. The van der Waals surface area contributed by atoms with Crippen molar-refractivity contribution in [2.24, 2.45) is 0 Å². The molecule has 2 aromatic carbocycles. The molecule has 0 saturated heterocycles. The van der Waals surface area contributed by atoms with Gasteiger partial charge in [0.15, 0.2) is 11.5 Å². The molecule has 29 heavy (non-hydrogen) atoms. The van der Waals surface area contributed by atoms with E-state index in [0.717, 1.165) is 21.8 Å². The molecule has 0 aliphatic carbocycles. The predicted molar refractivity (Wildman–Crippen MR) is 117 cm³/mol. The summed E-state index contributed by atoms with van der Waals surface area (Å²) < 4.78 is 10.7. The SMILES string of the molecule is COc1ccc(-c2nc(C)c(C(=O)N(Cc3ccccc3)C(C)C)s2)cc1OC. The van der Waals surface area contributed by atoms with Crippen molar-refractivity contribution in [2.45, 2.75) is 33.4 Å². The Morgan fingerprint density at radius 1 is 1.07 bits per heavy atom. The highest BCUT2D eigenvalue weighted by Gasteiger charge is 2.24. The van der Waals surface area contributed by atoms with E-state index in [0.29, 0.717) is 22.9 Å². The number of carbonyl (C=O) groups is 1. The van der Waals surface area contributed by atoms with Crippen molar-refractivity contribution in [2.75, 3.05) is 14.2 Å². The van der Waals surface area contributed by atoms with Crippen LogP contribution in [-0.2, 0) is 6.54 Å². The maximum Gasteiger partial charge on any atom is 0.266 e. The molecule has 0 radical (unpaired) electrons. The van der Waals surface area contributed by atoms with Crippen LogP contribution < -0.4 is 9.47 Å². The number of thiazole rings is 1. The largest absolute Gasteiger partial charge is 0.493 e. The highest BCUT2D eigenvalue weighted by molar-refractivity contribution is 7.17. The molecule has 0 unspecified atom stereocenters. The van der Waals surface area contributed by atoms with Crippen molar-refractivity contribution in [3.05, 3.63) is 64.7 Å². The number of aromatic nitrogens is 1. The monoisotopic (exact) mass is 410 g/mol. The molecule has 0 N–H and O–H groups in total. The minimum atomic E-state index is 0.00517. The first-order valence-electron chi connectivity index (χ1n) is 9.49. The van der Waals surface area contributed by atoms with Crippen LogP contribution in [0.15, 0.2) is 48.5 Å². The van der Waals surface area contributed by atoms with Crippen molar-refractivity contribution >= 4 is 17.2 Å². The molecule has 1 amide bonds. The highest BCUT2D eigenvalue weighted by atomic mass is 32.1. The van der Waals surface area contributed by atoms with E-state index in [-0.39, 0.29) is 11.9 Å². The van der Waals surface area contributed by atoms with Crippen molar-refractivity contribution in [1.29, 1.82) is 0 Å². The molecule has 0 saturated carbocycles. The van der Waals surface area contributed by atoms with Crippen LogP contribution in [0.5, 0.6) is 11.5 Å². The smallest absolute Gasteiger partial charge is 0.266 e. The Morgan fingerprint density at radius 2 is 1.76 bits per heavy atom. The first-order valence-corrected chi connectivity index (χ1v) is 10.3. The molecule has 0 fully saturated rings. The van der Waals surface area contributed by atoms with Gasteiger partial charge in [-0.05, 0) is 44.5 Å². The van der Waals surface area contributed by atoms with Crippen LogP contribution in [0.2, 0.25) is 0 Å². The Hall–Kier alpha value is -2.86. The number of hydrogen-bond donors (Lipinski definition) is 0. The van der Waals surface area contributed by atoms with E-state index in [1.54, 1.807) is 14.2 Å². The topological polar surface area (TPSA) is 51.7 Å². The van der Waals surface area contributed by atoms with Gasteiger partial charge in [-0.3, -0.25) is 4.79 Å². The molecule has 0 aliphatic heterocycles. The minimum absolute atomic E-state index is 0.00517. The average Bonchev–Trinajstić information content (AvgIpc) is 3.13. The Morgan fingerprint density at radius 3 is 2.38 bits per heavy atom. The second-order valence-electron chi connectivity index (χ2n) is 7.02. The van der Waals surface area contributed by atoms with E-state index in [4.69, 9.17) is 9.47 Å². The molecular weight excluding hydrogens is 384 g/mol. The summed E-state index contributed by atoms with van der Waals surface area (Å²) in [4.78, 5) is 20.5. The van der Waals surface area contributed by atoms with Gasteiger partial charge in [0.2, 0.25) is 0 Å². The van der Waals surface area contributed by atoms with Crippen LogP contribution in [0.4, 0.5) is 0 Å². The first kappa shape index (κ1) is 20.9. The van der Waals surface area contributed by atoms with Gasteiger partial charge in [0.05, 0.1) is 19.9 Å². The number of methoxy groups -OCH3 is 2. The van der Waals surface area contributed by atoms with Gasteiger partial charge in [0.1, 0.15) is 9.88 Å². The fourth-order valence-electron chi connectivity index (χ4n) is 3.09. The summed E-state index contributed by atoms with van der Waals surface area (Å²) in [7, 11) is 3.21. The number of carbonyl (C=O) groups excluding carboxylic acids is 1. The van der Waals surface area contributed by atoms with Gasteiger partial charge in [-0.1, -0.05) is 30.3 Å². The Kier molecular flexibility index (Phi) is 6.54. The van der Waals surface area contributed by atoms with Crippen LogP contribution in [0, 0.1) is 6.92 Å². The van der Waals surface area contributed by atoms with Gasteiger partial charge in [-0.2, -0.15) is 0 Å². The lowest BCUT2D eigenvalue weighted by Crippen LogP contribution is -2.36. The zero-order chi connectivity index (χ0) is 21.0. The van der Waals surface area contributed by atoms with Crippen LogP contribution in [-0.4, -0.2) is 36.1 Å². The normalized spacial score (nSPS) is 10.8. The average molecular weight is 411 g/mol. The fraction of sp³-hybridized carbons (Fsp3) is 0.304. The standard InChI is InChI=1S/C23H26N2O3S/c1-15(2)25(14-17-9-7-6-8-10-17)23(26)21-16(3)24-22(29-21)18-11-12-19(27-4)20(13-18)28-5/h6-13,15H,14H2,1-5H3. The number of ether oxygens (including phenoxy) is 2. The lowest BCUT2D eigenvalue weighted by atomic mass is 10.1. The van der Waals surface area contributed by atoms with E-state index in [9.17, 15) is 4.79 Å². The molecule has 0 spiro atoms. The van der Waals surface area contributed by atoms with Gasteiger partial charge in [-0.25, -0.2) is 4.98 Å². The molecule has 6 heteroatoms. The number of hydrogen-bond acceptors (Lipinski definition) is 5. The van der Waals surface area contributed by atoms with Gasteiger partial charge >= 0.3 is 0 Å². The highest BCUT2D eigenvalue weighted by Crippen LogP contribution is 2.35. The zero-order valence-corrected chi connectivity index (χ0v) is 18.2. The summed E-state index contributed by atoms with van der Waals surface area (Å²) in [5.74, 6) is 1.30. The molecule has 1 heterocycles. The van der Waals surface area contributed by atoms with E-state index in [2.05, 4.69) is 4.98 Å². The van der Waals surface area contributed by atoms with Crippen LogP contribution >= 0.6 is 11.3 Å². The van der Waals surface area contributed by atoms with Gasteiger partial charge in [-0.15, -0.1) is 11.3 Å². The summed E-state index contributed by atoms with van der Waals surface area (Å²) in [6, 6.07) is 15.8.